The predicted molar refractivity (Wildman–Crippen MR) is 106 cm³/mol. The minimum atomic E-state index is -1.33. The number of hydrogen-bond donors (Lipinski definition) is 1. The first-order valence-corrected chi connectivity index (χ1v) is 9.40. The number of aryl methyl sites for hydroxylation is 1. The number of nitrogens with zero attached hydrogens (tertiary/aromatic N) is 1. The van der Waals surface area contributed by atoms with E-state index in [9.17, 15) is 19.1 Å². The summed E-state index contributed by atoms with van der Waals surface area (Å²) in [5.41, 5.74) is 0.709. The lowest BCUT2D eigenvalue weighted by molar-refractivity contribution is -0.00436. The summed E-state index contributed by atoms with van der Waals surface area (Å²) in [6.45, 7) is 3.66. The predicted octanol–water partition coefficient (Wildman–Crippen LogP) is 3.58. The van der Waals surface area contributed by atoms with E-state index in [2.05, 4.69) is 4.90 Å². The maximum atomic E-state index is 12.9. The highest BCUT2D eigenvalue weighted by Crippen LogP contribution is 2.26. The molecular weight excluding hydrogens is 357 g/mol. The number of halogens is 1. The van der Waals surface area contributed by atoms with Crippen molar-refractivity contribution < 1.29 is 19.1 Å². The molecule has 0 amide bonds. The molecule has 1 N–H and O–H groups in total. The van der Waals surface area contributed by atoms with Crippen molar-refractivity contribution in [2.24, 2.45) is 0 Å². The van der Waals surface area contributed by atoms with Crippen LogP contribution in [0.15, 0.2) is 60.7 Å². The zero-order chi connectivity index (χ0) is 20.1. The Morgan fingerprint density at radius 2 is 1.61 bits per heavy atom. The standard InChI is InChI=1S/C23H24FNO3/c1-17-4-6-19(7-5-17)22(27)23(28)12-15-25(16-13-23)14-2-3-21(26)18-8-10-20(24)11-9-18/h2-11,28H,12-16H2,1H3. The van der Waals surface area contributed by atoms with Crippen LogP contribution < -0.4 is 0 Å². The van der Waals surface area contributed by atoms with E-state index in [0.29, 0.717) is 43.6 Å². The number of piperidine rings is 1. The third kappa shape index (κ3) is 4.80. The molecule has 0 atom stereocenters. The van der Waals surface area contributed by atoms with Gasteiger partial charge in [0.15, 0.2) is 11.6 Å². The molecule has 1 heterocycles. The zero-order valence-electron chi connectivity index (χ0n) is 15.9. The van der Waals surface area contributed by atoms with Crippen molar-refractivity contribution in [3.63, 3.8) is 0 Å². The van der Waals surface area contributed by atoms with Crippen molar-refractivity contribution in [1.82, 2.24) is 4.90 Å². The van der Waals surface area contributed by atoms with Crippen LogP contribution >= 0.6 is 0 Å². The number of allylic oxidation sites excluding steroid dienone is 1. The van der Waals surface area contributed by atoms with E-state index in [-0.39, 0.29) is 17.4 Å². The number of carbonyl (C=O) groups is 2. The van der Waals surface area contributed by atoms with E-state index < -0.39 is 5.60 Å². The lowest BCUT2D eigenvalue weighted by Crippen LogP contribution is -2.49. The number of likely N-dealkylation sites (tertiary alicyclic amines) is 1. The highest BCUT2D eigenvalue weighted by atomic mass is 19.1. The van der Waals surface area contributed by atoms with Crippen LogP contribution in [-0.2, 0) is 0 Å². The number of ketones is 2. The SMILES string of the molecule is Cc1ccc(C(=O)C2(O)CCN(CC=CC(=O)c3ccc(F)cc3)CC2)cc1. The molecule has 146 valence electrons. The van der Waals surface area contributed by atoms with Crippen LogP contribution in [0.2, 0.25) is 0 Å². The second-order valence-corrected chi connectivity index (χ2v) is 7.30. The Kier molecular flexibility index (Phi) is 6.17. The van der Waals surface area contributed by atoms with Gasteiger partial charge in [-0.25, -0.2) is 4.39 Å². The summed E-state index contributed by atoms with van der Waals surface area (Å²) in [7, 11) is 0. The summed E-state index contributed by atoms with van der Waals surface area (Å²) in [5.74, 6) is -0.779. The van der Waals surface area contributed by atoms with Crippen LogP contribution in [0, 0.1) is 12.7 Å². The molecule has 0 saturated carbocycles. The van der Waals surface area contributed by atoms with Gasteiger partial charge in [0.25, 0.3) is 0 Å². The molecule has 1 fully saturated rings. The van der Waals surface area contributed by atoms with E-state index in [1.807, 2.05) is 19.1 Å². The molecular formula is C23H24FNO3. The van der Waals surface area contributed by atoms with Crippen molar-refractivity contribution in [2.45, 2.75) is 25.4 Å². The molecule has 0 spiro atoms. The van der Waals surface area contributed by atoms with E-state index in [1.165, 1.54) is 30.3 Å². The van der Waals surface area contributed by atoms with Crippen LogP contribution in [0.1, 0.15) is 39.1 Å². The topological polar surface area (TPSA) is 57.6 Å². The van der Waals surface area contributed by atoms with Gasteiger partial charge in [-0.05, 0) is 50.1 Å². The average Bonchev–Trinajstić information content (AvgIpc) is 2.70. The Balaban J connectivity index is 1.52. The zero-order valence-corrected chi connectivity index (χ0v) is 15.9. The summed E-state index contributed by atoms with van der Waals surface area (Å²) in [6, 6.07) is 12.7. The second kappa shape index (κ2) is 8.59. The van der Waals surface area contributed by atoms with Crippen molar-refractivity contribution in [1.29, 1.82) is 0 Å². The Bertz CT molecular complexity index is 864. The summed E-state index contributed by atoms with van der Waals surface area (Å²) in [4.78, 5) is 26.8. The number of rotatable bonds is 6. The first kappa shape index (κ1) is 20.1. The Labute approximate surface area is 164 Å². The smallest absolute Gasteiger partial charge is 0.194 e. The van der Waals surface area contributed by atoms with Crippen LogP contribution in [0.3, 0.4) is 0 Å². The van der Waals surface area contributed by atoms with Crippen molar-refractivity contribution >= 4 is 11.6 Å². The molecule has 4 nitrogen and oxygen atoms in total. The lowest BCUT2D eigenvalue weighted by Gasteiger charge is -2.36. The monoisotopic (exact) mass is 381 g/mol. The number of Topliss-reactive ketones (excluding diaryl/α,β-unsaturated/α-hetero) is 1. The van der Waals surface area contributed by atoms with E-state index in [4.69, 9.17) is 0 Å². The normalized spacial score (nSPS) is 17.0. The first-order chi connectivity index (χ1) is 13.4. The van der Waals surface area contributed by atoms with Crippen LogP contribution in [0.4, 0.5) is 4.39 Å². The van der Waals surface area contributed by atoms with Crippen molar-refractivity contribution in [3.8, 4) is 0 Å². The van der Waals surface area contributed by atoms with E-state index in [1.54, 1.807) is 18.2 Å². The lowest BCUT2D eigenvalue weighted by atomic mass is 9.84. The minimum absolute atomic E-state index is 0.178. The quantitative estimate of drug-likeness (QED) is 0.614. The van der Waals surface area contributed by atoms with Crippen LogP contribution in [0.5, 0.6) is 0 Å². The van der Waals surface area contributed by atoms with Gasteiger partial charge < -0.3 is 5.11 Å². The van der Waals surface area contributed by atoms with Crippen molar-refractivity contribution in [2.75, 3.05) is 19.6 Å². The van der Waals surface area contributed by atoms with Gasteiger partial charge in [0.1, 0.15) is 11.4 Å². The first-order valence-electron chi connectivity index (χ1n) is 9.40. The van der Waals surface area contributed by atoms with Crippen LogP contribution in [-0.4, -0.2) is 46.8 Å². The van der Waals surface area contributed by atoms with Gasteiger partial charge in [-0.3, -0.25) is 14.5 Å². The maximum absolute atomic E-state index is 12.9. The van der Waals surface area contributed by atoms with Gasteiger partial charge in [0.05, 0.1) is 0 Å². The summed E-state index contributed by atoms with van der Waals surface area (Å²) >= 11 is 0. The molecule has 1 aliphatic rings. The summed E-state index contributed by atoms with van der Waals surface area (Å²) in [6.07, 6.45) is 3.96. The van der Waals surface area contributed by atoms with E-state index >= 15 is 0 Å². The average molecular weight is 381 g/mol. The Hall–Kier alpha value is -2.63. The van der Waals surface area contributed by atoms with Gasteiger partial charge in [-0.2, -0.15) is 0 Å². The molecule has 0 aromatic heterocycles. The highest BCUT2D eigenvalue weighted by Gasteiger charge is 2.39. The van der Waals surface area contributed by atoms with Gasteiger partial charge in [0.2, 0.25) is 0 Å². The third-order valence-corrected chi connectivity index (χ3v) is 5.18. The molecule has 2 aromatic rings. The number of hydrogen-bond acceptors (Lipinski definition) is 4. The van der Waals surface area contributed by atoms with Crippen LogP contribution in [0.25, 0.3) is 0 Å². The van der Waals surface area contributed by atoms with Crippen molar-refractivity contribution in [3.05, 3.63) is 83.2 Å². The molecule has 0 unspecified atom stereocenters. The molecule has 0 radical (unpaired) electrons. The van der Waals surface area contributed by atoms with Gasteiger partial charge >= 0.3 is 0 Å². The highest BCUT2D eigenvalue weighted by molar-refractivity contribution is 6.04. The number of benzene rings is 2. The molecule has 2 aromatic carbocycles. The maximum Gasteiger partial charge on any atom is 0.194 e. The molecule has 28 heavy (non-hydrogen) atoms. The fraction of sp³-hybridized carbons (Fsp3) is 0.304. The Morgan fingerprint density at radius 3 is 2.21 bits per heavy atom. The third-order valence-electron chi connectivity index (χ3n) is 5.18. The molecule has 5 heteroatoms. The molecule has 1 aliphatic heterocycles. The largest absolute Gasteiger partial charge is 0.382 e. The summed E-state index contributed by atoms with van der Waals surface area (Å²) in [5, 5.41) is 10.8. The molecule has 1 saturated heterocycles. The molecule has 0 bridgehead atoms. The number of aliphatic hydroxyl groups is 1. The number of carbonyl (C=O) groups excluding carboxylic acids is 2. The van der Waals surface area contributed by atoms with E-state index in [0.717, 1.165) is 5.56 Å². The fourth-order valence-corrected chi connectivity index (χ4v) is 3.33. The Morgan fingerprint density at radius 1 is 1.04 bits per heavy atom. The van der Waals surface area contributed by atoms with Gasteiger partial charge in [-0.15, -0.1) is 0 Å². The molecule has 0 aliphatic carbocycles. The minimum Gasteiger partial charge on any atom is -0.382 e. The fourth-order valence-electron chi connectivity index (χ4n) is 3.33. The summed E-state index contributed by atoms with van der Waals surface area (Å²) < 4.78 is 12.9. The van der Waals surface area contributed by atoms with Gasteiger partial charge in [0, 0.05) is 30.8 Å². The molecule has 3 rings (SSSR count). The van der Waals surface area contributed by atoms with Gasteiger partial charge in [-0.1, -0.05) is 35.9 Å². The second-order valence-electron chi connectivity index (χ2n) is 7.30.